The van der Waals surface area contributed by atoms with Gasteiger partial charge in [-0.25, -0.2) is 0 Å². The normalized spacial score (nSPS) is 12.5. The highest BCUT2D eigenvalue weighted by Gasteiger charge is 2.18. The van der Waals surface area contributed by atoms with Crippen LogP contribution in [0.15, 0.2) is 36.4 Å². The van der Waals surface area contributed by atoms with E-state index >= 15 is 0 Å². The molecule has 0 saturated heterocycles. The first kappa shape index (κ1) is 16.6. The minimum atomic E-state index is -0.256. The lowest BCUT2D eigenvalue weighted by molar-refractivity contribution is -0.118. The van der Waals surface area contributed by atoms with E-state index < -0.39 is 0 Å². The van der Waals surface area contributed by atoms with Crippen molar-refractivity contribution in [2.24, 2.45) is 0 Å². The number of methoxy groups -OCH3 is 2. The quantitative estimate of drug-likeness (QED) is 0.868. The molecule has 1 aliphatic heterocycles. The van der Waals surface area contributed by atoms with Gasteiger partial charge in [-0.15, -0.1) is 0 Å². The van der Waals surface area contributed by atoms with Crippen molar-refractivity contribution in [1.82, 2.24) is 5.32 Å². The third-order valence-corrected chi connectivity index (χ3v) is 3.80. The molecule has 2 N–H and O–H groups in total. The van der Waals surface area contributed by atoms with Gasteiger partial charge in [-0.3, -0.25) is 9.59 Å². The summed E-state index contributed by atoms with van der Waals surface area (Å²) < 4.78 is 15.9. The largest absolute Gasteiger partial charge is 0.493 e. The third kappa shape index (κ3) is 3.50. The lowest BCUT2D eigenvalue weighted by Gasteiger charge is -2.18. The summed E-state index contributed by atoms with van der Waals surface area (Å²) in [4.78, 5) is 23.7. The molecule has 2 aromatic carbocycles. The number of anilines is 1. The molecule has 25 heavy (non-hydrogen) atoms. The Morgan fingerprint density at radius 2 is 2.08 bits per heavy atom. The fourth-order valence-electron chi connectivity index (χ4n) is 2.59. The fourth-order valence-corrected chi connectivity index (χ4v) is 2.59. The van der Waals surface area contributed by atoms with E-state index in [2.05, 4.69) is 10.6 Å². The second kappa shape index (κ2) is 7.12. The monoisotopic (exact) mass is 342 g/mol. The maximum Gasteiger partial charge on any atom is 0.262 e. The molecule has 7 nitrogen and oxygen atoms in total. The van der Waals surface area contributed by atoms with Crippen molar-refractivity contribution in [2.75, 3.05) is 26.1 Å². The van der Waals surface area contributed by atoms with Gasteiger partial charge in [0.25, 0.3) is 11.8 Å². The van der Waals surface area contributed by atoms with Gasteiger partial charge in [-0.05, 0) is 24.3 Å². The van der Waals surface area contributed by atoms with Crippen LogP contribution in [0.4, 0.5) is 5.69 Å². The zero-order chi connectivity index (χ0) is 17.8. The van der Waals surface area contributed by atoms with Gasteiger partial charge in [0.2, 0.25) is 0 Å². The molecule has 0 spiro atoms. The molecule has 0 atom stereocenters. The molecule has 2 amide bonds. The Morgan fingerprint density at radius 1 is 1.24 bits per heavy atom. The summed E-state index contributed by atoms with van der Waals surface area (Å²) in [6.45, 7) is 0.229. The second-order valence-electron chi connectivity index (χ2n) is 5.38. The molecule has 0 radical (unpaired) electrons. The van der Waals surface area contributed by atoms with E-state index in [-0.39, 0.29) is 25.0 Å². The van der Waals surface area contributed by atoms with Crippen LogP contribution in [0.1, 0.15) is 15.9 Å². The number of carbonyl (C=O) groups is 2. The number of fused-ring (bicyclic) bond motifs is 1. The van der Waals surface area contributed by atoms with E-state index in [1.54, 1.807) is 38.5 Å². The highest BCUT2D eigenvalue weighted by atomic mass is 16.5. The topological polar surface area (TPSA) is 85.9 Å². The molecular weight excluding hydrogens is 324 g/mol. The number of amides is 2. The van der Waals surface area contributed by atoms with Crippen molar-refractivity contribution >= 4 is 17.5 Å². The average molecular weight is 342 g/mol. The average Bonchev–Trinajstić information content (AvgIpc) is 2.65. The Labute approximate surface area is 144 Å². The maximum absolute atomic E-state index is 12.4. The maximum atomic E-state index is 12.4. The fraction of sp³-hybridized carbons (Fsp3) is 0.222. The number of hydrogen-bond donors (Lipinski definition) is 2. The number of rotatable bonds is 5. The summed E-state index contributed by atoms with van der Waals surface area (Å²) in [6, 6.07) is 10.4. The molecule has 2 aromatic rings. The minimum absolute atomic E-state index is 0.0565. The smallest absolute Gasteiger partial charge is 0.262 e. The van der Waals surface area contributed by atoms with Crippen molar-refractivity contribution in [1.29, 1.82) is 0 Å². The Morgan fingerprint density at radius 3 is 2.84 bits per heavy atom. The number of ether oxygens (including phenoxy) is 3. The van der Waals surface area contributed by atoms with Gasteiger partial charge in [0.15, 0.2) is 18.1 Å². The summed E-state index contributed by atoms with van der Waals surface area (Å²) >= 11 is 0. The number of para-hydroxylation sites is 1. The van der Waals surface area contributed by atoms with E-state index in [0.717, 1.165) is 5.56 Å². The molecule has 3 rings (SSSR count). The second-order valence-corrected chi connectivity index (χ2v) is 5.38. The van der Waals surface area contributed by atoms with Crippen LogP contribution in [0, 0.1) is 0 Å². The van der Waals surface area contributed by atoms with E-state index in [1.807, 2.05) is 12.1 Å². The zero-order valence-corrected chi connectivity index (χ0v) is 13.9. The molecule has 0 aromatic heterocycles. The van der Waals surface area contributed by atoms with Gasteiger partial charge >= 0.3 is 0 Å². The van der Waals surface area contributed by atoms with E-state index in [4.69, 9.17) is 14.2 Å². The van der Waals surface area contributed by atoms with Gasteiger partial charge in [0.05, 0.1) is 19.9 Å². The highest BCUT2D eigenvalue weighted by molar-refractivity contribution is 5.99. The highest BCUT2D eigenvalue weighted by Crippen LogP contribution is 2.31. The van der Waals surface area contributed by atoms with Crippen molar-refractivity contribution in [3.8, 4) is 17.2 Å². The number of carbonyl (C=O) groups excluding carboxylic acids is 2. The first-order valence-electron chi connectivity index (χ1n) is 7.67. The Balaban J connectivity index is 1.72. The lowest BCUT2D eigenvalue weighted by Crippen LogP contribution is -2.26. The van der Waals surface area contributed by atoms with Gasteiger partial charge < -0.3 is 24.8 Å². The Hall–Kier alpha value is -3.22. The number of nitrogens with one attached hydrogen (secondary N) is 2. The molecule has 1 heterocycles. The van der Waals surface area contributed by atoms with Crippen molar-refractivity contribution in [3.05, 3.63) is 47.5 Å². The third-order valence-electron chi connectivity index (χ3n) is 3.80. The van der Waals surface area contributed by atoms with Crippen molar-refractivity contribution < 1.29 is 23.8 Å². The van der Waals surface area contributed by atoms with Crippen LogP contribution in [0.2, 0.25) is 0 Å². The van der Waals surface area contributed by atoms with Crippen LogP contribution < -0.4 is 24.8 Å². The molecule has 130 valence electrons. The summed E-state index contributed by atoms with van der Waals surface area (Å²) in [6.07, 6.45) is 0. The zero-order valence-electron chi connectivity index (χ0n) is 13.9. The summed E-state index contributed by atoms with van der Waals surface area (Å²) in [5.41, 5.74) is 1.80. The molecule has 0 bridgehead atoms. The number of benzene rings is 2. The molecule has 7 heteroatoms. The van der Waals surface area contributed by atoms with Crippen LogP contribution in [-0.4, -0.2) is 32.6 Å². The molecule has 0 unspecified atom stereocenters. The first-order valence-corrected chi connectivity index (χ1v) is 7.67. The first-order chi connectivity index (χ1) is 12.1. The molecule has 0 saturated carbocycles. The van der Waals surface area contributed by atoms with Gasteiger partial charge in [0.1, 0.15) is 5.75 Å². The van der Waals surface area contributed by atoms with Crippen LogP contribution >= 0.6 is 0 Å². The van der Waals surface area contributed by atoms with Gasteiger partial charge in [-0.1, -0.05) is 12.1 Å². The van der Waals surface area contributed by atoms with Crippen molar-refractivity contribution in [3.63, 3.8) is 0 Å². The van der Waals surface area contributed by atoms with Crippen molar-refractivity contribution in [2.45, 2.75) is 6.54 Å². The predicted molar refractivity (Wildman–Crippen MR) is 91.3 cm³/mol. The van der Waals surface area contributed by atoms with Gasteiger partial charge in [0, 0.05) is 17.7 Å². The van der Waals surface area contributed by atoms with E-state index in [9.17, 15) is 9.59 Å². The minimum Gasteiger partial charge on any atom is -0.493 e. The summed E-state index contributed by atoms with van der Waals surface area (Å²) in [5.74, 6) is 1.20. The Bertz CT molecular complexity index is 819. The predicted octanol–water partition coefficient (Wildman–Crippen LogP) is 1.96. The summed E-state index contributed by atoms with van der Waals surface area (Å²) in [5, 5.41) is 5.52. The van der Waals surface area contributed by atoms with E-state index in [0.29, 0.717) is 28.5 Å². The van der Waals surface area contributed by atoms with Crippen LogP contribution in [0.3, 0.4) is 0 Å². The summed E-state index contributed by atoms with van der Waals surface area (Å²) in [7, 11) is 3.12. The van der Waals surface area contributed by atoms with E-state index in [1.165, 1.54) is 0 Å². The van der Waals surface area contributed by atoms with Crippen LogP contribution in [0.5, 0.6) is 17.2 Å². The van der Waals surface area contributed by atoms with Crippen LogP contribution in [-0.2, 0) is 11.3 Å². The SMILES string of the molecule is COc1cccc(CNC(=O)c2ccc3c(c2)OCC(=O)N3)c1OC. The molecule has 0 aliphatic carbocycles. The molecule has 0 fully saturated rings. The van der Waals surface area contributed by atoms with Gasteiger partial charge in [-0.2, -0.15) is 0 Å². The standard InChI is InChI=1S/C18H18N2O5/c1-23-14-5-3-4-12(17(14)24-2)9-19-18(22)11-6-7-13-15(8-11)25-10-16(21)20-13/h3-8H,9-10H2,1-2H3,(H,19,22)(H,20,21). The number of hydrogen-bond acceptors (Lipinski definition) is 5. The molecular formula is C18H18N2O5. The van der Waals surface area contributed by atoms with Crippen LogP contribution in [0.25, 0.3) is 0 Å². The Kier molecular flexibility index (Phi) is 4.74. The molecule has 1 aliphatic rings. The lowest BCUT2D eigenvalue weighted by atomic mass is 10.1.